The Morgan fingerprint density at radius 3 is 2.06 bits per heavy atom. The number of ketones is 1. The molecule has 182 valence electrons. The van der Waals surface area contributed by atoms with Gasteiger partial charge in [-0.2, -0.15) is 0 Å². The Labute approximate surface area is 198 Å². The van der Waals surface area contributed by atoms with Gasteiger partial charge in [-0.3, -0.25) is 9.59 Å². The minimum Gasteiger partial charge on any atom is -0.506 e. The van der Waals surface area contributed by atoms with E-state index in [0.717, 1.165) is 0 Å². The van der Waals surface area contributed by atoms with Gasteiger partial charge in [0.25, 0.3) is 11.7 Å². The highest BCUT2D eigenvalue weighted by Crippen LogP contribution is 2.44. The maximum Gasteiger partial charge on any atom is 0.295 e. The van der Waals surface area contributed by atoms with Crippen LogP contribution in [0.25, 0.3) is 5.76 Å². The van der Waals surface area contributed by atoms with Gasteiger partial charge in [0.2, 0.25) is 0 Å². The molecular formula is C25H29NO8. The van der Waals surface area contributed by atoms with Gasteiger partial charge in [0, 0.05) is 20.3 Å². The van der Waals surface area contributed by atoms with E-state index in [1.165, 1.54) is 33.3 Å². The fraction of sp³-hybridized carbons (Fsp3) is 0.360. The number of carbonyl (C=O) groups is 2. The van der Waals surface area contributed by atoms with Crippen molar-refractivity contribution >= 4 is 17.4 Å². The van der Waals surface area contributed by atoms with Gasteiger partial charge in [-0.25, -0.2) is 0 Å². The van der Waals surface area contributed by atoms with Crippen LogP contribution in [0.5, 0.6) is 23.0 Å². The molecule has 0 saturated carbocycles. The van der Waals surface area contributed by atoms with Crippen LogP contribution >= 0.6 is 0 Å². The number of amides is 1. The monoisotopic (exact) mass is 471 g/mol. The van der Waals surface area contributed by atoms with Crippen LogP contribution in [-0.4, -0.2) is 70.4 Å². The molecule has 1 atom stereocenters. The zero-order valence-corrected chi connectivity index (χ0v) is 19.9. The molecule has 0 bridgehead atoms. The summed E-state index contributed by atoms with van der Waals surface area (Å²) in [6, 6.07) is 9.21. The van der Waals surface area contributed by atoms with Gasteiger partial charge < -0.3 is 33.7 Å². The fourth-order valence-electron chi connectivity index (χ4n) is 4.08. The van der Waals surface area contributed by atoms with Crippen molar-refractivity contribution in [3.05, 3.63) is 53.1 Å². The Balaban J connectivity index is 2.26. The van der Waals surface area contributed by atoms with Crippen LogP contribution in [0.15, 0.2) is 42.0 Å². The molecule has 1 saturated heterocycles. The van der Waals surface area contributed by atoms with Crippen molar-refractivity contribution in [2.24, 2.45) is 0 Å². The van der Waals surface area contributed by atoms with E-state index in [0.29, 0.717) is 41.6 Å². The number of Topliss-reactive ketones (excluding diaryl/α,β-unsaturated/α-hetero) is 1. The van der Waals surface area contributed by atoms with Crippen LogP contribution in [0.2, 0.25) is 0 Å². The first kappa shape index (κ1) is 24.9. The Morgan fingerprint density at radius 1 is 0.882 bits per heavy atom. The molecular weight excluding hydrogens is 442 g/mol. The molecule has 1 unspecified atom stereocenters. The SMILES string of the molecule is COCCCN1C(=O)C(=O)/C(=C(/O)c2c(OC)cccc2OC)C1c1ccc(OC)c(OC)c1. The number of carbonyl (C=O) groups excluding carboxylic acids is 2. The van der Waals surface area contributed by atoms with Crippen LogP contribution in [0.4, 0.5) is 0 Å². The molecule has 2 aromatic rings. The lowest BCUT2D eigenvalue weighted by Gasteiger charge is -2.26. The molecule has 1 amide bonds. The van der Waals surface area contributed by atoms with E-state index in [1.807, 2.05) is 0 Å². The third-order valence-electron chi connectivity index (χ3n) is 5.68. The van der Waals surface area contributed by atoms with E-state index in [2.05, 4.69) is 0 Å². The number of aliphatic hydroxyl groups is 1. The van der Waals surface area contributed by atoms with Crippen molar-refractivity contribution in [3.63, 3.8) is 0 Å². The molecule has 0 aromatic heterocycles. The summed E-state index contributed by atoms with van der Waals surface area (Å²) in [5.74, 6) is -0.385. The highest BCUT2D eigenvalue weighted by Gasteiger charge is 2.46. The quantitative estimate of drug-likeness (QED) is 0.244. The molecule has 3 rings (SSSR count). The number of rotatable bonds is 10. The molecule has 1 heterocycles. The van der Waals surface area contributed by atoms with E-state index < -0.39 is 17.7 Å². The second-order valence-electron chi connectivity index (χ2n) is 7.49. The van der Waals surface area contributed by atoms with Crippen molar-refractivity contribution in [2.45, 2.75) is 12.5 Å². The molecule has 0 aliphatic carbocycles. The summed E-state index contributed by atoms with van der Waals surface area (Å²) in [7, 11) is 7.47. The van der Waals surface area contributed by atoms with Crippen LogP contribution < -0.4 is 18.9 Å². The number of hydrogen-bond acceptors (Lipinski definition) is 8. The second kappa shape index (κ2) is 10.9. The normalized spacial score (nSPS) is 17.1. The van der Waals surface area contributed by atoms with Crippen LogP contribution in [0.3, 0.4) is 0 Å². The first-order chi connectivity index (χ1) is 16.4. The first-order valence-electron chi connectivity index (χ1n) is 10.6. The summed E-state index contributed by atoms with van der Waals surface area (Å²) < 4.78 is 26.7. The van der Waals surface area contributed by atoms with Gasteiger partial charge in [0.15, 0.2) is 11.5 Å². The topological polar surface area (TPSA) is 104 Å². The van der Waals surface area contributed by atoms with Gasteiger partial charge in [-0.15, -0.1) is 0 Å². The Morgan fingerprint density at radius 2 is 1.50 bits per heavy atom. The van der Waals surface area contributed by atoms with Crippen LogP contribution in [0, 0.1) is 0 Å². The molecule has 34 heavy (non-hydrogen) atoms. The Bertz CT molecular complexity index is 1070. The predicted molar refractivity (Wildman–Crippen MR) is 125 cm³/mol. The van der Waals surface area contributed by atoms with Gasteiger partial charge in [0.05, 0.1) is 40.1 Å². The summed E-state index contributed by atoms with van der Waals surface area (Å²) in [5, 5.41) is 11.4. The van der Waals surface area contributed by atoms with E-state index in [9.17, 15) is 14.7 Å². The van der Waals surface area contributed by atoms with E-state index in [4.69, 9.17) is 23.7 Å². The van der Waals surface area contributed by atoms with Gasteiger partial charge in [0.1, 0.15) is 22.8 Å². The van der Waals surface area contributed by atoms with Crippen LogP contribution in [0.1, 0.15) is 23.6 Å². The average Bonchev–Trinajstić information content (AvgIpc) is 3.12. The highest BCUT2D eigenvalue weighted by atomic mass is 16.5. The number of methoxy groups -OCH3 is 5. The largest absolute Gasteiger partial charge is 0.506 e. The lowest BCUT2D eigenvalue weighted by atomic mass is 9.94. The maximum atomic E-state index is 13.2. The minimum absolute atomic E-state index is 0.0718. The third kappa shape index (κ3) is 4.51. The lowest BCUT2D eigenvalue weighted by Crippen LogP contribution is -2.31. The predicted octanol–water partition coefficient (Wildman–Crippen LogP) is 3.18. The number of likely N-dealkylation sites (tertiary alicyclic amines) is 1. The third-order valence-corrected chi connectivity index (χ3v) is 5.68. The molecule has 2 aromatic carbocycles. The molecule has 1 aliphatic rings. The zero-order valence-electron chi connectivity index (χ0n) is 19.9. The van der Waals surface area contributed by atoms with Crippen LogP contribution in [-0.2, 0) is 14.3 Å². The van der Waals surface area contributed by atoms with Crippen molar-refractivity contribution in [1.29, 1.82) is 0 Å². The summed E-state index contributed by atoms with van der Waals surface area (Å²) in [6.07, 6.45) is 0.505. The second-order valence-corrected chi connectivity index (χ2v) is 7.49. The van der Waals surface area contributed by atoms with Gasteiger partial charge in [-0.05, 0) is 36.2 Å². The molecule has 9 nitrogen and oxygen atoms in total. The number of benzene rings is 2. The number of ether oxygens (including phenoxy) is 5. The molecule has 9 heteroatoms. The smallest absolute Gasteiger partial charge is 0.295 e. The van der Waals surface area contributed by atoms with Gasteiger partial charge >= 0.3 is 0 Å². The summed E-state index contributed by atoms with van der Waals surface area (Å²) in [5.41, 5.74) is 0.690. The molecule has 1 aliphatic heterocycles. The van der Waals surface area contributed by atoms with E-state index in [1.54, 1.807) is 43.5 Å². The summed E-state index contributed by atoms with van der Waals surface area (Å²) in [6.45, 7) is 0.652. The van der Waals surface area contributed by atoms with Crippen molar-refractivity contribution in [2.75, 3.05) is 48.7 Å². The Kier molecular flexibility index (Phi) is 8.01. The fourth-order valence-corrected chi connectivity index (χ4v) is 4.08. The molecule has 1 fully saturated rings. The first-order valence-corrected chi connectivity index (χ1v) is 10.6. The summed E-state index contributed by atoms with van der Waals surface area (Å²) >= 11 is 0. The highest BCUT2D eigenvalue weighted by molar-refractivity contribution is 6.46. The molecule has 0 radical (unpaired) electrons. The van der Waals surface area contributed by atoms with E-state index >= 15 is 0 Å². The zero-order chi connectivity index (χ0) is 24.8. The molecule has 1 N–H and O–H groups in total. The number of hydrogen-bond donors (Lipinski definition) is 1. The summed E-state index contributed by atoms with van der Waals surface area (Å²) in [4.78, 5) is 27.8. The number of nitrogens with zero attached hydrogens (tertiary/aromatic N) is 1. The molecule has 0 spiro atoms. The average molecular weight is 472 g/mol. The lowest BCUT2D eigenvalue weighted by molar-refractivity contribution is -0.140. The standard InChI is InChI=1S/C25H29NO8/c1-30-13-7-12-26-22(15-10-11-16(31-2)19(14-15)34-5)21(24(28)25(26)29)23(27)20-17(32-3)8-6-9-18(20)33-4/h6,8-11,14,22,27H,7,12-13H2,1-5H3/b23-21+. The Hall–Kier alpha value is -3.72. The van der Waals surface area contributed by atoms with Crippen molar-refractivity contribution in [3.8, 4) is 23.0 Å². The minimum atomic E-state index is -0.869. The van der Waals surface area contributed by atoms with Crippen molar-refractivity contribution in [1.82, 2.24) is 4.90 Å². The number of aliphatic hydroxyl groups excluding tert-OH is 1. The maximum absolute atomic E-state index is 13.2. The van der Waals surface area contributed by atoms with Crippen molar-refractivity contribution < 1.29 is 38.4 Å². The van der Waals surface area contributed by atoms with Gasteiger partial charge in [-0.1, -0.05) is 12.1 Å². The van der Waals surface area contributed by atoms with E-state index in [-0.39, 0.29) is 23.4 Å².